The topological polar surface area (TPSA) is 51.2 Å². The van der Waals surface area contributed by atoms with Gasteiger partial charge in [-0.1, -0.05) is 273 Å². The van der Waals surface area contributed by atoms with Crippen molar-refractivity contribution in [3.8, 4) is 66.8 Å². The van der Waals surface area contributed by atoms with Gasteiger partial charge in [-0.05, 0) is 85.0 Å². The first-order chi connectivity index (χ1) is 35.5. The minimum absolute atomic E-state index is 0.0214. The molecule has 0 amide bonds. The molecule has 342 valence electrons. The number of hydrogen-bond acceptors (Lipinski definition) is 3. The van der Waals surface area contributed by atoms with Crippen LogP contribution in [0, 0.1) is 0 Å². The van der Waals surface area contributed by atoms with Crippen LogP contribution in [0.4, 0.5) is 0 Å². The predicted molar refractivity (Wildman–Crippen MR) is 295 cm³/mol. The van der Waals surface area contributed by atoms with Gasteiger partial charge < -0.3 is 0 Å². The highest BCUT2D eigenvalue weighted by molar-refractivity contribution is 6.10. The maximum Gasteiger partial charge on any atom is 0.193 e. The maximum atomic E-state index is 13.1. The van der Waals surface area contributed by atoms with E-state index in [9.17, 15) is 14.4 Å². The highest BCUT2D eigenvalue weighted by atomic mass is 16.1. The number of ketones is 3. The first-order valence-corrected chi connectivity index (χ1v) is 24.0. The number of carbonyl (C=O) groups is 3. The Balaban J connectivity index is 0.000000207. The highest BCUT2D eigenvalue weighted by Crippen LogP contribution is 2.40. The normalized spacial score (nSPS) is 10.7. The zero-order valence-electron chi connectivity index (χ0n) is 39.4. The van der Waals surface area contributed by atoms with Crippen LogP contribution in [0.15, 0.2) is 291 Å². The van der Waals surface area contributed by atoms with Crippen molar-refractivity contribution in [1.29, 1.82) is 0 Å². The second-order valence-corrected chi connectivity index (χ2v) is 17.4. The summed E-state index contributed by atoms with van der Waals surface area (Å²) in [4.78, 5) is 39.2. The van der Waals surface area contributed by atoms with E-state index in [1.807, 2.05) is 164 Å². The molecule has 0 radical (unpaired) electrons. The Labute approximate surface area is 421 Å². The van der Waals surface area contributed by atoms with Crippen LogP contribution in [-0.2, 0) is 0 Å². The Hall–Kier alpha value is -9.57. The smallest absolute Gasteiger partial charge is 0.193 e. The van der Waals surface area contributed by atoms with Crippen LogP contribution in [0.3, 0.4) is 0 Å². The quantitative estimate of drug-likeness (QED) is 0.115. The van der Waals surface area contributed by atoms with Crippen molar-refractivity contribution in [2.24, 2.45) is 0 Å². The standard InChI is InChI=1S/C45H30O3.C24H18/c46-43(34-10-4-1-5-11-34)37-22-16-31(17-23-37)40-28-41(32-18-24-38(25-19-32)44(47)35-12-6-2-7-13-35)30-42(29-40)33-20-26-39(27-21-33)45(48)36-14-8-3-9-15-36;1-4-11-19(12-5-1)22-17-10-18-23(20-13-6-2-7-14-20)24(22)21-15-8-3-9-16-21/h1-30H;1-18H. The number of hydrogen-bond donors (Lipinski definition) is 0. The zero-order chi connectivity index (χ0) is 49.1. The van der Waals surface area contributed by atoms with Crippen LogP contribution >= 0.6 is 0 Å². The molecule has 0 atom stereocenters. The lowest BCUT2D eigenvalue weighted by molar-refractivity contribution is 0.103. The van der Waals surface area contributed by atoms with Crippen LogP contribution in [0.2, 0.25) is 0 Å². The van der Waals surface area contributed by atoms with Crippen LogP contribution in [0.5, 0.6) is 0 Å². The van der Waals surface area contributed by atoms with Crippen LogP contribution < -0.4 is 0 Å². The molecular weight excluding hydrogens is 877 g/mol. The number of rotatable bonds is 12. The van der Waals surface area contributed by atoms with Gasteiger partial charge in [-0.2, -0.15) is 0 Å². The molecule has 0 N–H and O–H groups in total. The molecule has 0 unspecified atom stereocenters. The number of carbonyl (C=O) groups excluding carboxylic acids is 3. The summed E-state index contributed by atoms with van der Waals surface area (Å²) < 4.78 is 0. The van der Waals surface area contributed by atoms with Gasteiger partial charge in [-0.3, -0.25) is 14.4 Å². The molecule has 0 aromatic heterocycles. The van der Waals surface area contributed by atoms with Crippen molar-refractivity contribution in [3.05, 3.63) is 325 Å². The van der Waals surface area contributed by atoms with Crippen molar-refractivity contribution in [2.45, 2.75) is 0 Å². The monoisotopic (exact) mass is 924 g/mol. The minimum Gasteiger partial charge on any atom is -0.289 e. The van der Waals surface area contributed by atoms with Crippen molar-refractivity contribution < 1.29 is 14.4 Å². The molecular formula is C69H48O3. The molecule has 0 heterocycles. The lowest BCUT2D eigenvalue weighted by atomic mass is 9.88. The maximum absolute atomic E-state index is 13.1. The molecule has 0 aliphatic heterocycles. The summed E-state index contributed by atoms with van der Waals surface area (Å²) in [6.45, 7) is 0. The third kappa shape index (κ3) is 10.5. The van der Waals surface area contributed by atoms with Crippen molar-refractivity contribution in [2.75, 3.05) is 0 Å². The second-order valence-electron chi connectivity index (χ2n) is 17.4. The van der Waals surface area contributed by atoms with Gasteiger partial charge in [0.05, 0.1) is 0 Å². The van der Waals surface area contributed by atoms with Crippen LogP contribution in [0.25, 0.3) is 66.8 Å². The van der Waals surface area contributed by atoms with Gasteiger partial charge in [0, 0.05) is 33.4 Å². The fourth-order valence-corrected chi connectivity index (χ4v) is 9.02. The summed E-state index contributed by atoms with van der Waals surface area (Å²) in [5.41, 5.74) is 17.2. The number of benzene rings is 11. The van der Waals surface area contributed by atoms with E-state index in [2.05, 4.69) is 127 Å². The van der Waals surface area contributed by atoms with E-state index in [1.165, 1.54) is 33.4 Å². The SMILES string of the molecule is O=C(c1ccccc1)c1ccc(-c2cc(-c3ccc(C(=O)c4ccccc4)cc3)cc(-c3ccc(C(=O)c4ccccc4)cc3)c2)cc1.c1ccc(-c2cccc(-c3ccccc3)c2-c2ccccc2)cc1. The van der Waals surface area contributed by atoms with E-state index in [4.69, 9.17) is 0 Å². The van der Waals surface area contributed by atoms with Crippen molar-refractivity contribution in [3.63, 3.8) is 0 Å². The molecule has 3 heteroatoms. The average Bonchev–Trinajstić information content (AvgIpc) is 3.48. The van der Waals surface area contributed by atoms with E-state index < -0.39 is 0 Å². The van der Waals surface area contributed by atoms with E-state index in [0.29, 0.717) is 33.4 Å². The first kappa shape index (κ1) is 46.2. The molecule has 0 saturated heterocycles. The molecule has 0 spiro atoms. The summed E-state index contributed by atoms with van der Waals surface area (Å²) in [6.07, 6.45) is 0. The van der Waals surface area contributed by atoms with Gasteiger partial charge >= 0.3 is 0 Å². The van der Waals surface area contributed by atoms with Crippen LogP contribution in [0.1, 0.15) is 47.8 Å². The lowest BCUT2D eigenvalue weighted by Crippen LogP contribution is -2.01. The third-order valence-corrected chi connectivity index (χ3v) is 12.8. The second kappa shape index (κ2) is 21.8. The highest BCUT2D eigenvalue weighted by Gasteiger charge is 2.16. The molecule has 11 rings (SSSR count). The minimum atomic E-state index is -0.0214. The lowest BCUT2D eigenvalue weighted by Gasteiger charge is -2.16. The Morgan fingerprint density at radius 3 is 0.694 bits per heavy atom. The van der Waals surface area contributed by atoms with Crippen molar-refractivity contribution >= 4 is 17.3 Å². The molecule has 11 aromatic rings. The molecule has 0 bridgehead atoms. The van der Waals surface area contributed by atoms with Gasteiger partial charge in [0.2, 0.25) is 0 Å². The van der Waals surface area contributed by atoms with Crippen molar-refractivity contribution in [1.82, 2.24) is 0 Å². The fraction of sp³-hybridized carbons (Fsp3) is 0. The summed E-state index contributed by atoms with van der Waals surface area (Å²) >= 11 is 0. The Morgan fingerprint density at radius 1 is 0.181 bits per heavy atom. The summed E-state index contributed by atoms with van der Waals surface area (Å²) in [5, 5.41) is 0. The van der Waals surface area contributed by atoms with Gasteiger partial charge in [0.15, 0.2) is 17.3 Å². The van der Waals surface area contributed by atoms with E-state index in [0.717, 1.165) is 33.4 Å². The molecule has 3 nitrogen and oxygen atoms in total. The molecule has 0 aliphatic rings. The largest absolute Gasteiger partial charge is 0.289 e. The third-order valence-electron chi connectivity index (χ3n) is 12.8. The van der Waals surface area contributed by atoms with Crippen LogP contribution in [-0.4, -0.2) is 17.3 Å². The molecule has 0 aliphatic carbocycles. The molecule has 11 aromatic carbocycles. The van der Waals surface area contributed by atoms with E-state index >= 15 is 0 Å². The summed E-state index contributed by atoms with van der Waals surface area (Å²) in [7, 11) is 0. The Bertz CT molecular complexity index is 3260. The first-order valence-electron chi connectivity index (χ1n) is 24.0. The Kier molecular flexibility index (Phi) is 14.0. The fourth-order valence-electron chi connectivity index (χ4n) is 9.02. The summed E-state index contributed by atoms with van der Waals surface area (Å²) in [5.74, 6) is -0.0643. The summed E-state index contributed by atoms with van der Waals surface area (Å²) in [6, 6.07) is 95.7. The average molecular weight is 925 g/mol. The van der Waals surface area contributed by atoms with Gasteiger partial charge in [0.25, 0.3) is 0 Å². The molecule has 72 heavy (non-hydrogen) atoms. The molecule has 0 saturated carbocycles. The van der Waals surface area contributed by atoms with Gasteiger partial charge in [0.1, 0.15) is 0 Å². The van der Waals surface area contributed by atoms with Gasteiger partial charge in [-0.25, -0.2) is 0 Å². The Morgan fingerprint density at radius 2 is 0.417 bits per heavy atom. The predicted octanol–water partition coefficient (Wildman–Crippen LogP) is 17.1. The van der Waals surface area contributed by atoms with Gasteiger partial charge in [-0.15, -0.1) is 0 Å². The molecule has 0 fully saturated rings. The van der Waals surface area contributed by atoms with E-state index in [1.54, 1.807) is 0 Å². The zero-order valence-corrected chi connectivity index (χ0v) is 39.4. The van der Waals surface area contributed by atoms with E-state index in [-0.39, 0.29) is 17.3 Å².